The standard InChI is InChI=1S/C24H30N4O/c25-11-14-29-24-8-6-20(23-7-5-19-3-1-2-4-22(19)28-23)15-21(24)17-27-16-18-9-12-26-13-10-18/h1-8,15,18,26-27H,9-14,16-17,25H2. The minimum atomic E-state index is 0.510. The molecule has 2 heterocycles. The number of para-hydroxylation sites is 1. The third kappa shape index (κ3) is 5.12. The van der Waals surface area contributed by atoms with Gasteiger partial charge in [0.2, 0.25) is 0 Å². The fraction of sp³-hybridized carbons (Fsp3) is 0.375. The molecule has 1 aliphatic heterocycles. The van der Waals surface area contributed by atoms with Crippen LogP contribution in [0.3, 0.4) is 0 Å². The van der Waals surface area contributed by atoms with Crippen molar-refractivity contribution < 1.29 is 4.74 Å². The SMILES string of the molecule is NCCOc1ccc(-c2ccc3ccccc3n2)cc1CNCC1CCNCC1. The van der Waals surface area contributed by atoms with Crippen LogP contribution in [0.15, 0.2) is 54.6 Å². The summed E-state index contributed by atoms with van der Waals surface area (Å²) in [6.45, 7) is 5.10. The second-order valence-electron chi connectivity index (χ2n) is 7.67. The molecular weight excluding hydrogens is 360 g/mol. The smallest absolute Gasteiger partial charge is 0.123 e. The summed E-state index contributed by atoms with van der Waals surface area (Å²) in [7, 11) is 0. The molecule has 4 N–H and O–H groups in total. The van der Waals surface area contributed by atoms with Gasteiger partial charge in [-0.3, -0.25) is 0 Å². The molecule has 29 heavy (non-hydrogen) atoms. The Hall–Kier alpha value is -2.47. The van der Waals surface area contributed by atoms with Gasteiger partial charge in [0.25, 0.3) is 0 Å². The zero-order valence-electron chi connectivity index (χ0n) is 16.9. The lowest BCUT2D eigenvalue weighted by molar-refractivity contribution is 0.321. The second-order valence-corrected chi connectivity index (χ2v) is 7.67. The van der Waals surface area contributed by atoms with E-state index in [2.05, 4.69) is 47.0 Å². The highest BCUT2D eigenvalue weighted by atomic mass is 16.5. The molecular formula is C24H30N4O. The molecule has 152 valence electrons. The molecule has 0 saturated carbocycles. The number of pyridine rings is 1. The van der Waals surface area contributed by atoms with E-state index in [4.69, 9.17) is 15.5 Å². The third-order valence-corrected chi connectivity index (χ3v) is 5.54. The first-order valence-corrected chi connectivity index (χ1v) is 10.6. The van der Waals surface area contributed by atoms with E-state index in [1.807, 2.05) is 18.2 Å². The van der Waals surface area contributed by atoms with Gasteiger partial charge in [-0.1, -0.05) is 24.3 Å². The number of piperidine rings is 1. The third-order valence-electron chi connectivity index (χ3n) is 5.54. The van der Waals surface area contributed by atoms with Gasteiger partial charge in [-0.25, -0.2) is 4.98 Å². The number of aromatic nitrogens is 1. The molecule has 0 bridgehead atoms. The Morgan fingerprint density at radius 3 is 2.79 bits per heavy atom. The molecule has 0 unspecified atom stereocenters. The summed E-state index contributed by atoms with van der Waals surface area (Å²) in [6, 6.07) is 18.8. The van der Waals surface area contributed by atoms with Crippen LogP contribution in [0.2, 0.25) is 0 Å². The Labute approximate surface area is 172 Å². The molecule has 4 rings (SSSR count). The van der Waals surface area contributed by atoms with E-state index in [0.29, 0.717) is 13.2 Å². The van der Waals surface area contributed by atoms with Crippen molar-refractivity contribution in [2.45, 2.75) is 19.4 Å². The van der Waals surface area contributed by atoms with Crippen molar-refractivity contribution in [3.63, 3.8) is 0 Å². The maximum Gasteiger partial charge on any atom is 0.123 e. The molecule has 1 aromatic heterocycles. The van der Waals surface area contributed by atoms with Gasteiger partial charge < -0.3 is 21.1 Å². The highest BCUT2D eigenvalue weighted by Crippen LogP contribution is 2.27. The summed E-state index contributed by atoms with van der Waals surface area (Å²) in [5.41, 5.74) is 9.89. The van der Waals surface area contributed by atoms with Gasteiger partial charge in [0, 0.05) is 29.6 Å². The van der Waals surface area contributed by atoms with Gasteiger partial charge in [-0.2, -0.15) is 0 Å². The Morgan fingerprint density at radius 2 is 1.93 bits per heavy atom. The zero-order valence-corrected chi connectivity index (χ0v) is 16.9. The van der Waals surface area contributed by atoms with E-state index in [9.17, 15) is 0 Å². The summed E-state index contributed by atoms with van der Waals surface area (Å²) >= 11 is 0. The van der Waals surface area contributed by atoms with Crippen LogP contribution in [0, 0.1) is 5.92 Å². The molecule has 0 atom stereocenters. The van der Waals surface area contributed by atoms with Crippen molar-refractivity contribution in [3.05, 3.63) is 60.2 Å². The van der Waals surface area contributed by atoms with Crippen LogP contribution in [0.5, 0.6) is 5.75 Å². The number of nitrogens with one attached hydrogen (secondary N) is 2. The quantitative estimate of drug-likeness (QED) is 0.550. The van der Waals surface area contributed by atoms with Gasteiger partial charge >= 0.3 is 0 Å². The topological polar surface area (TPSA) is 72.2 Å². The molecule has 0 aliphatic carbocycles. The van der Waals surface area contributed by atoms with Crippen molar-refractivity contribution in [2.24, 2.45) is 11.7 Å². The maximum absolute atomic E-state index is 5.89. The fourth-order valence-electron chi connectivity index (χ4n) is 3.91. The molecule has 5 heteroatoms. The lowest BCUT2D eigenvalue weighted by Gasteiger charge is -2.23. The average Bonchev–Trinajstić information content (AvgIpc) is 2.78. The number of fused-ring (bicyclic) bond motifs is 1. The maximum atomic E-state index is 5.89. The van der Waals surface area contributed by atoms with Crippen LogP contribution in [0.25, 0.3) is 22.2 Å². The second kappa shape index (κ2) is 9.83. The molecule has 2 aromatic carbocycles. The molecule has 1 aliphatic rings. The van der Waals surface area contributed by atoms with Crippen LogP contribution < -0.4 is 21.1 Å². The number of ether oxygens (including phenoxy) is 1. The molecule has 3 aromatic rings. The van der Waals surface area contributed by atoms with E-state index in [-0.39, 0.29) is 0 Å². The normalized spacial score (nSPS) is 14.9. The van der Waals surface area contributed by atoms with Crippen LogP contribution in [-0.2, 0) is 6.54 Å². The lowest BCUT2D eigenvalue weighted by Crippen LogP contribution is -2.33. The van der Waals surface area contributed by atoms with Gasteiger partial charge in [0.1, 0.15) is 12.4 Å². The lowest BCUT2D eigenvalue weighted by atomic mass is 9.98. The van der Waals surface area contributed by atoms with Gasteiger partial charge in [0.15, 0.2) is 0 Å². The van der Waals surface area contributed by atoms with Gasteiger partial charge in [0.05, 0.1) is 11.2 Å². The van der Waals surface area contributed by atoms with Crippen LogP contribution in [0.1, 0.15) is 18.4 Å². The minimum Gasteiger partial charge on any atom is -0.492 e. The number of hydrogen-bond donors (Lipinski definition) is 3. The van der Waals surface area contributed by atoms with Gasteiger partial charge in [-0.15, -0.1) is 0 Å². The van der Waals surface area contributed by atoms with Crippen LogP contribution in [-0.4, -0.2) is 37.8 Å². The molecule has 0 spiro atoms. The summed E-state index contributed by atoms with van der Waals surface area (Å²) in [5, 5.41) is 8.22. The van der Waals surface area contributed by atoms with Gasteiger partial charge in [-0.05, 0) is 68.7 Å². The number of nitrogens with two attached hydrogens (primary N) is 1. The largest absolute Gasteiger partial charge is 0.492 e. The summed E-state index contributed by atoms with van der Waals surface area (Å²) in [4.78, 5) is 4.84. The highest BCUT2D eigenvalue weighted by Gasteiger charge is 2.13. The Morgan fingerprint density at radius 1 is 1.07 bits per heavy atom. The van der Waals surface area contributed by atoms with Crippen molar-refractivity contribution in [2.75, 3.05) is 32.8 Å². The average molecular weight is 391 g/mol. The predicted molar refractivity (Wildman–Crippen MR) is 119 cm³/mol. The Balaban J connectivity index is 1.53. The Kier molecular flexibility index (Phi) is 6.72. The number of nitrogens with zero attached hydrogens (tertiary/aromatic N) is 1. The van der Waals surface area contributed by atoms with Crippen LogP contribution in [0.4, 0.5) is 0 Å². The molecule has 5 nitrogen and oxygen atoms in total. The van der Waals surface area contributed by atoms with E-state index in [1.165, 1.54) is 12.8 Å². The number of hydrogen-bond acceptors (Lipinski definition) is 5. The first-order chi connectivity index (χ1) is 14.3. The summed E-state index contributed by atoms with van der Waals surface area (Å²) < 4.78 is 5.89. The fourth-order valence-corrected chi connectivity index (χ4v) is 3.91. The monoisotopic (exact) mass is 390 g/mol. The first kappa shape index (κ1) is 19.8. The van der Waals surface area contributed by atoms with Crippen molar-refractivity contribution >= 4 is 10.9 Å². The van der Waals surface area contributed by atoms with E-state index in [0.717, 1.165) is 65.6 Å². The van der Waals surface area contributed by atoms with E-state index in [1.54, 1.807) is 0 Å². The van der Waals surface area contributed by atoms with Crippen molar-refractivity contribution in [1.29, 1.82) is 0 Å². The molecule has 1 saturated heterocycles. The van der Waals surface area contributed by atoms with Crippen LogP contribution >= 0.6 is 0 Å². The highest BCUT2D eigenvalue weighted by molar-refractivity contribution is 5.81. The number of rotatable bonds is 8. The minimum absolute atomic E-state index is 0.510. The van der Waals surface area contributed by atoms with E-state index < -0.39 is 0 Å². The predicted octanol–water partition coefficient (Wildman–Crippen LogP) is 3.33. The summed E-state index contributed by atoms with van der Waals surface area (Å²) in [6.07, 6.45) is 2.48. The summed E-state index contributed by atoms with van der Waals surface area (Å²) in [5.74, 6) is 1.65. The van der Waals surface area contributed by atoms with E-state index >= 15 is 0 Å². The van der Waals surface area contributed by atoms with Crippen molar-refractivity contribution in [3.8, 4) is 17.0 Å². The molecule has 0 amide bonds. The van der Waals surface area contributed by atoms with Crippen molar-refractivity contribution in [1.82, 2.24) is 15.6 Å². The first-order valence-electron chi connectivity index (χ1n) is 10.6. The zero-order chi connectivity index (χ0) is 19.9. The Bertz CT molecular complexity index is 937. The molecule has 0 radical (unpaired) electrons. The molecule has 1 fully saturated rings. The number of benzene rings is 2.